The van der Waals surface area contributed by atoms with Crippen molar-refractivity contribution in [2.24, 2.45) is 23.7 Å². The van der Waals surface area contributed by atoms with Crippen LogP contribution in [-0.2, 0) is 4.79 Å². The summed E-state index contributed by atoms with van der Waals surface area (Å²) < 4.78 is 0. The quantitative estimate of drug-likeness (QED) is 0.825. The van der Waals surface area contributed by atoms with Crippen LogP contribution < -0.4 is 0 Å². The molecule has 25 heavy (non-hydrogen) atoms. The Morgan fingerprint density at radius 1 is 0.920 bits per heavy atom. The van der Waals surface area contributed by atoms with Crippen molar-refractivity contribution in [2.75, 3.05) is 0 Å². The number of Topliss-reactive ketones (excluding diaryl/α,β-unsaturated/α-hetero) is 1. The Morgan fingerprint density at radius 3 is 2.12 bits per heavy atom. The lowest BCUT2D eigenvalue weighted by molar-refractivity contribution is -0.138. The molecule has 1 aliphatic rings. The highest BCUT2D eigenvalue weighted by Gasteiger charge is 2.41. The van der Waals surface area contributed by atoms with Gasteiger partial charge in [0.1, 0.15) is 5.78 Å². The first-order valence-corrected chi connectivity index (χ1v) is 9.36. The number of ketones is 1. The van der Waals surface area contributed by atoms with Crippen molar-refractivity contribution in [3.8, 4) is 11.1 Å². The SMILES string of the molecule is CC(C)C1CCC(C)C(C(O)c2ccc(-c3ccccc3)cc2)C1=O. The largest absolute Gasteiger partial charge is 0.388 e. The second kappa shape index (κ2) is 7.53. The standard InChI is InChI=1S/C23H28O2/c1-15(2)20-14-9-16(3)21(23(20)25)22(24)19-12-10-18(11-13-19)17-7-5-4-6-8-17/h4-8,10-13,15-16,20-22,24H,9,14H2,1-3H3. The minimum absolute atomic E-state index is 0.0828. The van der Waals surface area contributed by atoms with Crippen LogP contribution in [0.5, 0.6) is 0 Å². The second-order valence-electron chi connectivity index (χ2n) is 7.77. The van der Waals surface area contributed by atoms with Crippen LogP contribution in [0.25, 0.3) is 11.1 Å². The highest BCUT2D eigenvalue weighted by atomic mass is 16.3. The summed E-state index contributed by atoms with van der Waals surface area (Å²) in [5.74, 6) is 0.609. The zero-order chi connectivity index (χ0) is 18.0. The fourth-order valence-corrected chi connectivity index (χ4v) is 4.13. The predicted octanol–water partition coefficient (Wildman–Crippen LogP) is 5.27. The molecule has 1 saturated carbocycles. The number of hydrogen-bond acceptors (Lipinski definition) is 2. The molecule has 2 aromatic carbocycles. The summed E-state index contributed by atoms with van der Waals surface area (Å²) in [5.41, 5.74) is 3.12. The van der Waals surface area contributed by atoms with Crippen molar-refractivity contribution >= 4 is 5.78 Å². The highest BCUT2D eigenvalue weighted by molar-refractivity contribution is 5.85. The van der Waals surface area contributed by atoms with Gasteiger partial charge in [-0.25, -0.2) is 0 Å². The van der Waals surface area contributed by atoms with E-state index in [9.17, 15) is 9.90 Å². The maximum Gasteiger partial charge on any atom is 0.142 e. The third kappa shape index (κ3) is 3.69. The maximum atomic E-state index is 12.9. The smallest absolute Gasteiger partial charge is 0.142 e. The Morgan fingerprint density at radius 2 is 1.52 bits per heavy atom. The summed E-state index contributed by atoms with van der Waals surface area (Å²) in [5, 5.41) is 10.9. The van der Waals surface area contributed by atoms with Gasteiger partial charge < -0.3 is 5.11 Å². The summed E-state index contributed by atoms with van der Waals surface area (Å²) in [6, 6.07) is 18.2. The van der Waals surface area contributed by atoms with Crippen molar-refractivity contribution in [3.05, 3.63) is 60.2 Å². The number of rotatable bonds is 4. The Balaban J connectivity index is 1.82. The third-order valence-corrected chi connectivity index (χ3v) is 5.74. The number of aliphatic hydroxyl groups excluding tert-OH is 1. The van der Waals surface area contributed by atoms with Crippen molar-refractivity contribution in [1.82, 2.24) is 0 Å². The van der Waals surface area contributed by atoms with Gasteiger partial charge >= 0.3 is 0 Å². The minimum atomic E-state index is -0.714. The minimum Gasteiger partial charge on any atom is -0.388 e. The van der Waals surface area contributed by atoms with Gasteiger partial charge in [0.15, 0.2) is 0 Å². The first-order chi connectivity index (χ1) is 12.0. The van der Waals surface area contributed by atoms with E-state index in [0.717, 1.165) is 29.5 Å². The molecule has 4 atom stereocenters. The summed E-state index contributed by atoms with van der Waals surface area (Å²) in [7, 11) is 0. The van der Waals surface area contributed by atoms with E-state index in [1.54, 1.807) is 0 Å². The van der Waals surface area contributed by atoms with E-state index in [1.165, 1.54) is 0 Å². The van der Waals surface area contributed by atoms with E-state index in [-0.39, 0.29) is 23.5 Å². The van der Waals surface area contributed by atoms with Crippen LogP contribution in [0, 0.1) is 23.7 Å². The average Bonchev–Trinajstić information content (AvgIpc) is 2.62. The summed E-state index contributed by atoms with van der Waals surface area (Å²) in [4.78, 5) is 12.9. The van der Waals surface area contributed by atoms with E-state index >= 15 is 0 Å². The molecule has 0 radical (unpaired) electrons. The molecule has 2 nitrogen and oxygen atoms in total. The van der Waals surface area contributed by atoms with Crippen LogP contribution in [0.3, 0.4) is 0 Å². The molecule has 132 valence electrons. The van der Waals surface area contributed by atoms with Gasteiger partial charge in [-0.15, -0.1) is 0 Å². The molecule has 1 N–H and O–H groups in total. The predicted molar refractivity (Wildman–Crippen MR) is 102 cm³/mol. The maximum absolute atomic E-state index is 12.9. The van der Waals surface area contributed by atoms with Gasteiger partial charge in [0, 0.05) is 5.92 Å². The number of hydrogen-bond donors (Lipinski definition) is 1. The van der Waals surface area contributed by atoms with Gasteiger partial charge in [0.05, 0.1) is 12.0 Å². The molecule has 0 aromatic heterocycles. The molecule has 0 spiro atoms. The number of carbonyl (C=O) groups excluding carboxylic acids is 1. The molecule has 0 amide bonds. The number of benzene rings is 2. The third-order valence-electron chi connectivity index (χ3n) is 5.74. The molecular formula is C23H28O2. The molecule has 0 heterocycles. The first kappa shape index (κ1) is 17.9. The second-order valence-corrected chi connectivity index (χ2v) is 7.77. The van der Waals surface area contributed by atoms with Crippen molar-refractivity contribution < 1.29 is 9.90 Å². The van der Waals surface area contributed by atoms with Crippen molar-refractivity contribution in [1.29, 1.82) is 0 Å². The van der Waals surface area contributed by atoms with Crippen LogP contribution >= 0.6 is 0 Å². The monoisotopic (exact) mass is 336 g/mol. The summed E-state index contributed by atoms with van der Waals surface area (Å²) >= 11 is 0. The van der Waals surface area contributed by atoms with E-state index in [2.05, 4.69) is 32.9 Å². The molecule has 2 heteroatoms. The Hall–Kier alpha value is -1.93. The molecule has 0 bridgehead atoms. The van der Waals surface area contributed by atoms with Gasteiger partial charge in [-0.3, -0.25) is 4.79 Å². The van der Waals surface area contributed by atoms with E-state index in [4.69, 9.17) is 0 Å². The highest BCUT2D eigenvalue weighted by Crippen LogP contribution is 2.41. The van der Waals surface area contributed by atoms with Crippen LogP contribution in [0.1, 0.15) is 45.3 Å². The molecule has 0 saturated heterocycles. The zero-order valence-electron chi connectivity index (χ0n) is 15.4. The van der Waals surface area contributed by atoms with Crippen LogP contribution in [-0.4, -0.2) is 10.9 Å². The molecule has 3 rings (SSSR count). The molecule has 0 aliphatic heterocycles. The average molecular weight is 336 g/mol. The van der Waals surface area contributed by atoms with Crippen molar-refractivity contribution in [2.45, 2.75) is 39.7 Å². The Kier molecular flexibility index (Phi) is 5.39. The number of aliphatic hydroxyl groups is 1. The molecule has 2 aromatic rings. The first-order valence-electron chi connectivity index (χ1n) is 9.36. The van der Waals surface area contributed by atoms with Crippen LogP contribution in [0.4, 0.5) is 0 Å². The van der Waals surface area contributed by atoms with E-state index in [0.29, 0.717) is 5.92 Å². The molecular weight excluding hydrogens is 308 g/mol. The molecule has 1 aliphatic carbocycles. The fourth-order valence-electron chi connectivity index (χ4n) is 4.13. The van der Waals surface area contributed by atoms with Gasteiger partial charge in [-0.2, -0.15) is 0 Å². The normalized spacial score (nSPS) is 25.2. The van der Waals surface area contributed by atoms with Gasteiger partial charge in [-0.1, -0.05) is 75.4 Å². The van der Waals surface area contributed by atoms with E-state index in [1.807, 2.05) is 42.5 Å². The lowest BCUT2D eigenvalue weighted by Gasteiger charge is -2.37. The van der Waals surface area contributed by atoms with Crippen LogP contribution in [0.2, 0.25) is 0 Å². The fraction of sp³-hybridized carbons (Fsp3) is 0.435. The number of carbonyl (C=O) groups is 1. The molecule has 1 fully saturated rings. The summed E-state index contributed by atoms with van der Waals surface area (Å²) in [6.07, 6.45) is 1.25. The van der Waals surface area contributed by atoms with Gasteiger partial charge in [0.25, 0.3) is 0 Å². The van der Waals surface area contributed by atoms with Crippen LogP contribution in [0.15, 0.2) is 54.6 Å². The summed E-state index contributed by atoms with van der Waals surface area (Å²) in [6.45, 7) is 6.31. The van der Waals surface area contributed by atoms with Crippen molar-refractivity contribution in [3.63, 3.8) is 0 Å². The Bertz CT molecular complexity index is 703. The topological polar surface area (TPSA) is 37.3 Å². The Labute approximate surface area is 150 Å². The lowest BCUT2D eigenvalue weighted by atomic mass is 9.67. The van der Waals surface area contributed by atoms with Gasteiger partial charge in [0.2, 0.25) is 0 Å². The van der Waals surface area contributed by atoms with Gasteiger partial charge in [-0.05, 0) is 41.4 Å². The molecule has 4 unspecified atom stereocenters. The zero-order valence-corrected chi connectivity index (χ0v) is 15.4. The lowest BCUT2D eigenvalue weighted by Crippen LogP contribution is -2.39. The van der Waals surface area contributed by atoms with E-state index < -0.39 is 6.10 Å².